The number of carbonyl (C=O) groups excluding carboxylic acids is 3. The summed E-state index contributed by atoms with van der Waals surface area (Å²) in [5.74, 6) is -1.57. The van der Waals surface area contributed by atoms with Crippen molar-refractivity contribution in [3.63, 3.8) is 0 Å². The molecule has 0 fully saturated rings. The summed E-state index contributed by atoms with van der Waals surface area (Å²) in [6.45, 7) is 0.171. The third-order valence-electron chi connectivity index (χ3n) is 4.89. The molecule has 30 heavy (non-hydrogen) atoms. The average Bonchev–Trinajstić information content (AvgIpc) is 2.77. The maximum atomic E-state index is 12.9. The lowest BCUT2D eigenvalue weighted by atomic mass is 9.90. The van der Waals surface area contributed by atoms with Crippen LogP contribution in [0.1, 0.15) is 33.8 Å². The van der Waals surface area contributed by atoms with Gasteiger partial charge < -0.3 is 15.4 Å². The molecule has 2 amide bonds. The zero-order valence-electron chi connectivity index (χ0n) is 16.1. The Kier molecular flexibility index (Phi) is 5.57. The average molecular weight is 400 g/mol. The fraction of sp³-hybridized carbons (Fsp3) is 0.125. The van der Waals surface area contributed by atoms with Crippen molar-refractivity contribution in [3.8, 4) is 0 Å². The van der Waals surface area contributed by atoms with Crippen molar-refractivity contribution in [2.75, 3.05) is 10.6 Å². The van der Waals surface area contributed by atoms with Gasteiger partial charge >= 0.3 is 5.97 Å². The van der Waals surface area contributed by atoms with E-state index in [0.717, 1.165) is 11.1 Å². The minimum Gasteiger partial charge on any atom is -0.457 e. The number of anilines is 2. The van der Waals surface area contributed by atoms with Crippen molar-refractivity contribution in [2.24, 2.45) is 0 Å². The second kappa shape index (κ2) is 8.61. The highest BCUT2D eigenvalue weighted by Crippen LogP contribution is 2.32. The molecule has 3 aromatic carbocycles. The van der Waals surface area contributed by atoms with E-state index in [9.17, 15) is 14.4 Å². The van der Waals surface area contributed by atoms with Gasteiger partial charge in [-0.2, -0.15) is 0 Å². The topological polar surface area (TPSA) is 84.5 Å². The molecule has 0 radical (unpaired) electrons. The molecule has 0 spiro atoms. The number of amides is 2. The van der Waals surface area contributed by atoms with Gasteiger partial charge in [-0.05, 0) is 35.4 Å². The first-order chi connectivity index (χ1) is 14.6. The molecular formula is C24H20N2O4. The van der Waals surface area contributed by atoms with E-state index in [0.29, 0.717) is 16.9 Å². The van der Waals surface area contributed by atoms with E-state index in [1.807, 2.05) is 48.5 Å². The Morgan fingerprint density at radius 1 is 0.967 bits per heavy atom. The van der Waals surface area contributed by atoms with Gasteiger partial charge in [0.1, 0.15) is 6.61 Å². The molecule has 0 saturated heterocycles. The summed E-state index contributed by atoms with van der Waals surface area (Å²) in [7, 11) is 0. The van der Waals surface area contributed by atoms with E-state index in [1.165, 1.54) is 0 Å². The number of rotatable bonds is 5. The summed E-state index contributed by atoms with van der Waals surface area (Å²) >= 11 is 0. The quantitative estimate of drug-likeness (QED) is 0.632. The van der Waals surface area contributed by atoms with Gasteiger partial charge in [0.25, 0.3) is 0 Å². The van der Waals surface area contributed by atoms with Crippen LogP contribution < -0.4 is 10.6 Å². The highest BCUT2D eigenvalue weighted by atomic mass is 16.5. The third-order valence-corrected chi connectivity index (χ3v) is 4.89. The summed E-state index contributed by atoms with van der Waals surface area (Å²) in [4.78, 5) is 37.2. The van der Waals surface area contributed by atoms with E-state index < -0.39 is 11.9 Å². The maximum absolute atomic E-state index is 12.9. The predicted octanol–water partition coefficient (Wildman–Crippen LogP) is 4.11. The second-order valence-corrected chi connectivity index (χ2v) is 7.02. The van der Waals surface area contributed by atoms with Crippen LogP contribution in [0.4, 0.5) is 11.4 Å². The summed E-state index contributed by atoms with van der Waals surface area (Å²) in [6, 6.07) is 23.2. The highest BCUT2D eigenvalue weighted by molar-refractivity contribution is 6.05. The first kappa shape index (κ1) is 19.4. The number of hydrogen-bond donors (Lipinski definition) is 2. The minimum absolute atomic E-state index is 0.0711. The summed E-state index contributed by atoms with van der Waals surface area (Å²) < 4.78 is 5.35. The molecule has 2 N–H and O–H groups in total. The summed E-state index contributed by atoms with van der Waals surface area (Å²) in [5, 5.41) is 5.60. The van der Waals surface area contributed by atoms with E-state index in [-0.39, 0.29) is 24.8 Å². The van der Waals surface area contributed by atoms with Crippen molar-refractivity contribution in [3.05, 3.63) is 95.6 Å². The summed E-state index contributed by atoms with van der Waals surface area (Å²) in [5.41, 5.74) is 3.12. The van der Waals surface area contributed by atoms with Crippen molar-refractivity contribution in [1.82, 2.24) is 0 Å². The zero-order chi connectivity index (χ0) is 20.9. The number of esters is 1. The Labute approximate surface area is 173 Å². The molecule has 1 aliphatic rings. The van der Waals surface area contributed by atoms with Crippen LogP contribution in [0.25, 0.3) is 0 Å². The Morgan fingerprint density at radius 3 is 2.57 bits per heavy atom. The minimum atomic E-state index is -0.594. The van der Waals surface area contributed by atoms with Crippen LogP contribution in [0.5, 0.6) is 0 Å². The highest BCUT2D eigenvalue weighted by Gasteiger charge is 2.30. The molecule has 1 aliphatic heterocycles. The zero-order valence-corrected chi connectivity index (χ0v) is 16.1. The SMILES string of the molecule is O=C1CC(C(=O)Nc2cccc(C(=O)OCc3ccccc3)c2)c2ccccc2N1. The monoisotopic (exact) mass is 400 g/mol. The first-order valence-electron chi connectivity index (χ1n) is 9.61. The Balaban J connectivity index is 1.45. The Hall–Kier alpha value is -3.93. The standard InChI is InChI=1S/C24H20N2O4/c27-22-14-20(19-11-4-5-12-21(19)26-22)23(28)25-18-10-6-9-17(13-18)24(29)30-15-16-7-2-1-3-8-16/h1-13,20H,14-15H2,(H,25,28)(H,26,27). The molecule has 3 aromatic rings. The van der Waals surface area contributed by atoms with E-state index in [2.05, 4.69) is 10.6 Å². The molecule has 6 heteroatoms. The molecule has 1 atom stereocenters. The van der Waals surface area contributed by atoms with Gasteiger partial charge in [0.2, 0.25) is 11.8 Å². The molecule has 6 nitrogen and oxygen atoms in total. The van der Waals surface area contributed by atoms with Gasteiger partial charge in [-0.3, -0.25) is 9.59 Å². The lowest BCUT2D eigenvalue weighted by Crippen LogP contribution is -2.30. The van der Waals surface area contributed by atoms with E-state index in [4.69, 9.17) is 4.74 Å². The van der Waals surface area contributed by atoms with Crippen LogP contribution in [0.3, 0.4) is 0 Å². The molecule has 1 heterocycles. The first-order valence-corrected chi connectivity index (χ1v) is 9.61. The van der Waals surface area contributed by atoms with Gasteiger partial charge in [0, 0.05) is 17.8 Å². The van der Waals surface area contributed by atoms with Crippen LogP contribution in [0.2, 0.25) is 0 Å². The molecule has 0 saturated carbocycles. The molecular weight excluding hydrogens is 380 g/mol. The van der Waals surface area contributed by atoms with E-state index >= 15 is 0 Å². The van der Waals surface area contributed by atoms with Crippen LogP contribution in [0, 0.1) is 0 Å². The fourth-order valence-corrected chi connectivity index (χ4v) is 3.40. The van der Waals surface area contributed by atoms with E-state index in [1.54, 1.807) is 30.3 Å². The van der Waals surface area contributed by atoms with Crippen LogP contribution in [-0.2, 0) is 20.9 Å². The van der Waals surface area contributed by atoms with Crippen LogP contribution in [0.15, 0.2) is 78.9 Å². The number of carbonyl (C=O) groups is 3. The van der Waals surface area contributed by atoms with Crippen molar-refractivity contribution < 1.29 is 19.1 Å². The van der Waals surface area contributed by atoms with Gasteiger partial charge in [-0.15, -0.1) is 0 Å². The molecule has 4 rings (SSSR count). The molecule has 1 unspecified atom stereocenters. The number of fused-ring (bicyclic) bond motifs is 1. The molecule has 0 bridgehead atoms. The van der Waals surface area contributed by atoms with Gasteiger partial charge in [-0.25, -0.2) is 4.79 Å². The Morgan fingerprint density at radius 2 is 1.73 bits per heavy atom. The normalized spacial score (nSPS) is 14.9. The third kappa shape index (κ3) is 4.38. The summed E-state index contributed by atoms with van der Waals surface area (Å²) in [6.07, 6.45) is 0.0711. The van der Waals surface area contributed by atoms with Gasteiger partial charge in [0.15, 0.2) is 0 Å². The number of benzene rings is 3. The van der Waals surface area contributed by atoms with Crippen molar-refractivity contribution in [2.45, 2.75) is 18.9 Å². The van der Waals surface area contributed by atoms with Crippen molar-refractivity contribution >= 4 is 29.2 Å². The van der Waals surface area contributed by atoms with Crippen molar-refractivity contribution in [1.29, 1.82) is 0 Å². The molecule has 0 aliphatic carbocycles. The van der Waals surface area contributed by atoms with Gasteiger partial charge in [0.05, 0.1) is 11.5 Å². The van der Waals surface area contributed by atoms with Crippen LogP contribution in [-0.4, -0.2) is 17.8 Å². The molecule has 150 valence electrons. The second-order valence-electron chi connectivity index (χ2n) is 7.02. The molecule has 0 aromatic heterocycles. The number of ether oxygens (including phenoxy) is 1. The smallest absolute Gasteiger partial charge is 0.338 e. The Bertz CT molecular complexity index is 1100. The number of nitrogens with one attached hydrogen (secondary N) is 2. The van der Waals surface area contributed by atoms with Gasteiger partial charge in [-0.1, -0.05) is 54.6 Å². The van der Waals surface area contributed by atoms with Crippen LogP contribution >= 0.6 is 0 Å². The fourth-order valence-electron chi connectivity index (χ4n) is 3.40. The predicted molar refractivity (Wildman–Crippen MR) is 113 cm³/mol. The maximum Gasteiger partial charge on any atom is 0.338 e. The number of hydrogen-bond acceptors (Lipinski definition) is 4. The number of para-hydroxylation sites is 1. The largest absolute Gasteiger partial charge is 0.457 e. The lowest BCUT2D eigenvalue weighted by Gasteiger charge is -2.24. The lowest BCUT2D eigenvalue weighted by molar-refractivity contribution is -0.123.